The fourth-order valence-electron chi connectivity index (χ4n) is 1.33. The van der Waals surface area contributed by atoms with Crippen molar-refractivity contribution >= 4 is 0 Å². The Hall–Kier alpha value is -1.62. The van der Waals surface area contributed by atoms with Gasteiger partial charge in [-0.1, -0.05) is 6.08 Å². The molecular weight excluding hydrogens is 184 g/mol. The van der Waals surface area contributed by atoms with Crippen LogP contribution in [0, 0.1) is 6.92 Å². The number of aromatic nitrogens is 2. The average Bonchev–Trinajstić information content (AvgIpc) is 2.64. The number of H-pyrrole nitrogens is 1. The smallest absolute Gasteiger partial charge is 0.330 e. The van der Waals surface area contributed by atoms with E-state index in [2.05, 4.69) is 4.98 Å². The highest BCUT2D eigenvalue weighted by atomic mass is 16.5. The minimum absolute atomic E-state index is 0.353. The average molecular weight is 194 g/mol. The zero-order valence-electron chi connectivity index (χ0n) is 7.69. The van der Waals surface area contributed by atoms with Crippen molar-refractivity contribution in [1.29, 1.82) is 0 Å². The summed E-state index contributed by atoms with van der Waals surface area (Å²) in [6.07, 6.45) is 4.72. The molecule has 1 aromatic rings. The van der Waals surface area contributed by atoms with E-state index in [0.29, 0.717) is 12.2 Å². The van der Waals surface area contributed by atoms with E-state index in [-0.39, 0.29) is 5.56 Å². The molecule has 1 N–H and O–H groups in total. The van der Waals surface area contributed by atoms with Crippen LogP contribution in [0.15, 0.2) is 27.9 Å². The molecule has 0 unspecified atom stereocenters. The predicted molar refractivity (Wildman–Crippen MR) is 50.2 cm³/mol. The molecule has 0 aromatic carbocycles. The van der Waals surface area contributed by atoms with Gasteiger partial charge in [0, 0.05) is 11.8 Å². The molecule has 0 fully saturated rings. The van der Waals surface area contributed by atoms with Crippen LogP contribution in [0.4, 0.5) is 0 Å². The molecular formula is C9H10N2O3. The molecule has 0 spiro atoms. The molecule has 0 saturated carbocycles. The third-order valence-corrected chi connectivity index (χ3v) is 2.08. The van der Waals surface area contributed by atoms with Crippen molar-refractivity contribution in [1.82, 2.24) is 9.55 Å². The fraction of sp³-hybridized carbons (Fsp3) is 0.333. The predicted octanol–water partition coefficient (Wildman–Crippen LogP) is -0.0700. The third kappa shape index (κ3) is 1.42. The lowest BCUT2D eigenvalue weighted by atomic mass is 10.4. The van der Waals surface area contributed by atoms with Gasteiger partial charge in [-0.3, -0.25) is 14.3 Å². The van der Waals surface area contributed by atoms with Gasteiger partial charge in [-0.15, -0.1) is 0 Å². The van der Waals surface area contributed by atoms with Crippen LogP contribution in [-0.2, 0) is 4.74 Å². The first-order valence-electron chi connectivity index (χ1n) is 4.29. The van der Waals surface area contributed by atoms with Crippen molar-refractivity contribution < 1.29 is 4.74 Å². The number of aromatic amines is 1. The minimum Gasteiger partial charge on any atom is -0.350 e. The zero-order chi connectivity index (χ0) is 10.1. The van der Waals surface area contributed by atoms with E-state index in [1.807, 2.05) is 6.08 Å². The van der Waals surface area contributed by atoms with Crippen LogP contribution in [0.2, 0.25) is 0 Å². The number of hydrogen-bond donors (Lipinski definition) is 1. The van der Waals surface area contributed by atoms with Crippen LogP contribution in [-0.4, -0.2) is 16.2 Å². The van der Waals surface area contributed by atoms with Crippen LogP contribution >= 0.6 is 0 Å². The molecule has 5 nitrogen and oxygen atoms in total. The highest BCUT2D eigenvalue weighted by Gasteiger charge is 2.13. The van der Waals surface area contributed by atoms with Crippen LogP contribution in [0.3, 0.4) is 0 Å². The molecule has 0 bridgehead atoms. The van der Waals surface area contributed by atoms with Crippen molar-refractivity contribution in [2.75, 3.05) is 6.61 Å². The van der Waals surface area contributed by atoms with Crippen LogP contribution in [0.25, 0.3) is 0 Å². The molecule has 2 rings (SSSR count). The molecule has 5 heteroatoms. The summed E-state index contributed by atoms with van der Waals surface area (Å²) in [6.45, 7) is 2.14. The van der Waals surface area contributed by atoms with Gasteiger partial charge >= 0.3 is 5.69 Å². The highest BCUT2D eigenvalue weighted by Crippen LogP contribution is 2.12. The van der Waals surface area contributed by atoms with Crippen molar-refractivity contribution in [3.8, 4) is 0 Å². The van der Waals surface area contributed by atoms with Gasteiger partial charge in [0.15, 0.2) is 6.23 Å². The zero-order valence-corrected chi connectivity index (χ0v) is 7.69. The first-order valence-corrected chi connectivity index (χ1v) is 4.29. The summed E-state index contributed by atoms with van der Waals surface area (Å²) in [7, 11) is 0. The van der Waals surface area contributed by atoms with Crippen LogP contribution in [0.1, 0.15) is 11.8 Å². The molecule has 0 radical (unpaired) electrons. The van der Waals surface area contributed by atoms with E-state index in [9.17, 15) is 9.59 Å². The van der Waals surface area contributed by atoms with Crippen molar-refractivity contribution in [3.05, 3.63) is 44.8 Å². The molecule has 2 heterocycles. The van der Waals surface area contributed by atoms with Crippen molar-refractivity contribution in [2.24, 2.45) is 0 Å². The van der Waals surface area contributed by atoms with E-state index in [4.69, 9.17) is 4.74 Å². The Balaban J connectivity index is 2.53. The summed E-state index contributed by atoms with van der Waals surface area (Å²) in [6, 6.07) is 0. The lowest BCUT2D eigenvalue weighted by Gasteiger charge is -2.11. The maximum absolute atomic E-state index is 11.4. The summed E-state index contributed by atoms with van der Waals surface area (Å²) in [5.74, 6) is 0. The lowest BCUT2D eigenvalue weighted by molar-refractivity contribution is 0.0719. The van der Waals surface area contributed by atoms with Crippen molar-refractivity contribution in [2.45, 2.75) is 13.2 Å². The van der Waals surface area contributed by atoms with Gasteiger partial charge in [0.05, 0.1) is 6.61 Å². The Bertz CT molecular complexity index is 484. The number of rotatable bonds is 1. The van der Waals surface area contributed by atoms with Gasteiger partial charge < -0.3 is 4.74 Å². The molecule has 1 aliphatic rings. The number of aryl methyl sites for hydroxylation is 1. The minimum atomic E-state index is -0.447. The SMILES string of the molecule is Cc1cn([C@H]2C=CCO2)c(=O)[nH]c1=O. The largest absolute Gasteiger partial charge is 0.350 e. The normalized spacial score (nSPS) is 20.2. The Morgan fingerprint density at radius 2 is 2.36 bits per heavy atom. The van der Waals surface area contributed by atoms with E-state index in [1.54, 1.807) is 13.0 Å². The monoisotopic (exact) mass is 194 g/mol. The number of hydrogen-bond acceptors (Lipinski definition) is 3. The van der Waals surface area contributed by atoms with Gasteiger partial charge in [0.2, 0.25) is 0 Å². The standard InChI is InChI=1S/C9H10N2O3/c1-6-5-11(7-3-2-4-14-7)9(13)10-8(6)12/h2-3,5,7H,4H2,1H3,(H,10,12,13)/t7-/m1/s1. The molecule has 14 heavy (non-hydrogen) atoms. The number of ether oxygens (including phenoxy) is 1. The Morgan fingerprint density at radius 1 is 1.57 bits per heavy atom. The second-order valence-electron chi connectivity index (χ2n) is 3.13. The molecule has 0 aliphatic carbocycles. The number of nitrogens with one attached hydrogen (secondary N) is 1. The first kappa shape index (κ1) is 8.96. The molecule has 74 valence electrons. The van der Waals surface area contributed by atoms with Gasteiger partial charge in [-0.25, -0.2) is 4.79 Å². The third-order valence-electron chi connectivity index (χ3n) is 2.08. The molecule has 0 amide bonds. The maximum atomic E-state index is 11.4. The second-order valence-corrected chi connectivity index (χ2v) is 3.13. The highest BCUT2D eigenvalue weighted by molar-refractivity contribution is 5.04. The Labute approximate surface area is 79.6 Å². The van der Waals surface area contributed by atoms with Gasteiger partial charge in [-0.2, -0.15) is 0 Å². The van der Waals surface area contributed by atoms with E-state index in [1.165, 1.54) is 10.8 Å². The fourth-order valence-corrected chi connectivity index (χ4v) is 1.33. The van der Waals surface area contributed by atoms with Gasteiger partial charge in [0.1, 0.15) is 0 Å². The van der Waals surface area contributed by atoms with E-state index in [0.717, 1.165) is 0 Å². The number of nitrogens with zero attached hydrogens (tertiary/aromatic N) is 1. The van der Waals surface area contributed by atoms with Crippen molar-refractivity contribution in [3.63, 3.8) is 0 Å². The Kier molecular flexibility index (Phi) is 2.09. The van der Waals surface area contributed by atoms with Crippen LogP contribution in [0.5, 0.6) is 0 Å². The van der Waals surface area contributed by atoms with E-state index < -0.39 is 11.9 Å². The summed E-state index contributed by atoms with van der Waals surface area (Å²) in [4.78, 5) is 24.7. The molecule has 0 saturated heterocycles. The Morgan fingerprint density at radius 3 is 3.00 bits per heavy atom. The molecule has 1 aromatic heterocycles. The summed E-state index contributed by atoms with van der Waals surface area (Å²) in [5.41, 5.74) is -0.307. The molecule has 1 atom stereocenters. The summed E-state index contributed by atoms with van der Waals surface area (Å²) >= 11 is 0. The molecule has 1 aliphatic heterocycles. The summed E-state index contributed by atoms with van der Waals surface area (Å²) in [5, 5.41) is 0. The van der Waals surface area contributed by atoms with Crippen LogP contribution < -0.4 is 11.2 Å². The van der Waals surface area contributed by atoms with Gasteiger partial charge in [0.25, 0.3) is 5.56 Å². The lowest BCUT2D eigenvalue weighted by Crippen LogP contribution is -2.32. The quantitative estimate of drug-likeness (QED) is 0.636. The summed E-state index contributed by atoms with van der Waals surface area (Å²) < 4.78 is 6.61. The van der Waals surface area contributed by atoms with Gasteiger partial charge in [-0.05, 0) is 13.0 Å². The second kappa shape index (κ2) is 3.26. The van der Waals surface area contributed by atoms with E-state index >= 15 is 0 Å². The first-order chi connectivity index (χ1) is 6.68. The maximum Gasteiger partial charge on any atom is 0.330 e. The topological polar surface area (TPSA) is 64.1 Å².